The van der Waals surface area contributed by atoms with Crippen LogP contribution in [0.15, 0.2) is 41.8 Å². The number of benzene rings is 1. The van der Waals surface area contributed by atoms with Crippen molar-refractivity contribution < 1.29 is 27.5 Å². The number of esters is 1. The zero-order valence-corrected chi connectivity index (χ0v) is 16.8. The van der Waals surface area contributed by atoms with Gasteiger partial charge in [-0.3, -0.25) is 10.1 Å². The van der Waals surface area contributed by atoms with Gasteiger partial charge in [0.25, 0.3) is 5.91 Å². The fraction of sp³-hybridized carbons (Fsp3) is 0.278. The molecule has 2 N–H and O–H groups in total. The van der Waals surface area contributed by atoms with E-state index in [9.17, 15) is 22.8 Å². The molecular weight excluding hydrogens is 404 g/mol. The standard InChI is InChI=1S/C18H20N2O6S2/c1-28(24,25)12-13-4-2-5-14(10-13)17(22)26-11-16(21)20-18(23)19-8-7-15-6-3-9-27-15/h2-6,9-10H,7-8,11-12H2,1H3,(H2,19,20,21,23). The Bertz CT molecular complexity index is 939. The fourth-order valence-corrected chi connectivity index (χ4v) is 3.76. The van der Waals surface area contributed by atoms with E-state index < -0.39 is 34.4 Å². The molecule has 0 saturated carbocycles. The van der Waals surface area contributed by atoms with Gasteiger partial charge in [0.1, 0.15) is 0 Å². The second-order valence-corrected chi connectivity index (χ2v) is 9.15. The molecule has 3 amide bonds. The lowest BCUT2D eigenvalue weighted by molar-refractivity contribution is -0.123. The smallest absolute Gasteiger partial charge is 0.338 e. The molecule has 0 unspecified atom stereocenters. The van der Waals surface area contributed by atoms with E-state index in [1.807, 2.05) is 17.5 Å². The van der Waals surface area contributed by atoms with Gasteiger partial charge < -0.3 is 10.1 Å². The predicted molar refractivity (Wildman–Crippen MR) is 105 cm³/mol. The quantitative estimate of drug-likeness (QED) is 0.620. The molecule has 0 atom stereocenters. The van der Waals surface area contributed by atoms with Crippen LogP contribution in [0.3, 0.4) is 0 Å². The van der Waals surface area contributed by atoms with Gasteiger partial charge in [0, 0.05) is 17.7 Å². The van der Waals surface area contributed by atoms with Crippen molar-refractivity contribution in [2.45, 2.75) is 12.2 Å². The number of carbonyl (C=O) groups excluding carboxylic acids is 3. The number of imide groups is 1. The van der Waals surface area contributed by atoms with Crippen LogP contribution in [0.2, 0.25) is 0 Å². The maximum atomic E-state index is 12.0. The molecule has 0 radical (unpaired) electrons. The van der Waals surface area contributed by atoms with E-state index in [-0.39, 0.29) is 11.3 Å². The van der Waals surface area contributed by atoms with E-state index in [0.29, 0.717) is 18.5 Å². The summed E-state index contributed by atoms with van der Waals surface area (Å²) >= 11 is 1.57. The number of hydrogen-bond donors (Lipinski definition) is 2. The van der Waals surface area contributed by atoms with Gasteiger partial charge in [-0.05, 0) is 35.6 Å². The molecule has 1 heterocycles. The summed E-state index contributed by atoms with van der Waals surface area (Å²) in [6.45, 7) is -0.264. The molecule has 150 valence electrons. The zero-order valence-electron chi connectivity index (χ0n) is 15.1. The summed E-state index contributed by atoms with van der Waals surface area (Å²) in [4.78, 5) is 36.5. The molecule has 0 aliphatic heterocycles. The van der Waals surface area contributed by atoms with E-state index in [1.54, 1.807) is 17.4 Å². The number of sulfone groups is 1. The highest BCUT2D eigenvalue weighted by atomic mass is 32.2. The molecule has 0 bridgehead atoms. The number of ether oxygens (including phenoxy) is 1. The van der Waals surface area contributed by atoms with Crippen LogP contribution in [-0.4, -0.2) is 45.7 Å². The number of carbonyl (C=O) groups is 3. The second-order valence-electron chi connectivity index (χ2n) is 5.98. The fourth-order valence-electron chi connectivity index (χ4n) is 2.27. The van der Waals surface area contributed by atoms with Gasteiger partial charge in [0.2, 0.25) is 0 Å². The highest BCUT2D eigenvalue weighted by Crippen LogP contribution is 2.10. The third kappa shape index (κ3) is 7.89. The Morgan fingerprint density at radius 2 is 1.93 bits per heavy atom. The van der Waals surface area contributed by atoms with Crippen LogP contribution >= 0.6 is 11.3 Å². The third-order valence-electron chi connectivity index (χ3n) is 3.42. The van der Waals surface area contributed by atoms with E-state index in [4.69, 9.17) is 4.74 Å². The van der Waals surface area contributed by atoms with Crippen LogP contribution in [0.1, 0.15) is 20.8 Å². The van der Waals surface area contributed by atoms with Crippen molar-refractivity contribution in [1.29, 1.82) is 0 Å². The average Bonchev–Trinajstić information content (AvgIpc) is 3.12. The van der Waals surface area contributed by atoms with Crippen LogP contribution in [0.4, 0.5) is 4.79 Å². The number of urea groups is 1. The monoisotopic (exact) mass is 424 g/mol. The maximum absolute atomic E-state index is 12.0. The first-order chi connectivity index (χ1) is 13.2. The van der Waals surface area contributed by atoms with E-state index >= 15 is 0 Å². The maximum Gasteiger partial charge on any atom is 0.338 e. The molecule has 0 spiro atoms. The molecule has 8 nitrogen and oxygen atoms in total. The molecule has 0 aliphatic carbocycles. The highest BCUT2D eigenvalue weighted by molar-refractivity contribution is 7.89. The summed E-state index contributed by atoms with van der Waals surface area (Å²) < 4.78 is 27.5. The molecule has 0 aliphatic rings. The SMILES string of the molecule is CS(=O)(=O)Cc1cccc(C(=O)OCC(=O)NC(=O)NCCc2cccs2)c1. The number of nitrogens with one attached hydrogen (secondary N) is 2. The molecule has 2 aromatic rings. The van der Waals surface area contributed by atoms with Crippen molar-refractivity contribution >= 4 is 39.1 Å². The molecule has 1 aromatic carbocycles. The Hall–Kier alpha value is -2.72. The summed E-state index contributed by atoms with van der Waals surface area (Å²) in [5.41, 5.74) is 0.556. The largest absolute Gasteiger partial charge is 0.452 e. The van der Waals surface area contributed by atoms with Gasteiger partial charge >= 0.3 is 12.0 Å². The molecule has 2 rings (SSSR count). The Morgan fingerprint density at radius 3 is 2.61 bits per heavy atom. The highest BCUT2D eigenvalue weighted by Gasteiger charge is 2.14. The van der Waals surface area contributed by atoms with E-state index in [1.165, 1.54) is 18.2 Å². The van der Waals surface area contributed by atoms with Crippen molar-refractivity contribution in [3.63, 3.8) is 0 Å². The third-order valence-corrected chi connectivity index (χ3v) is 5.21. The number of amides is 3. The lowest BCUT2D eigenvalue weighted by Crippen LogP contribution is -2.42. The van der Waals surface area contributed by atoms with Crippen molar-refractivity contribution in [2.75, 3.05) is 19.4 Å². The summed E-state index contributed by atoms with van der Waals surface area (Å²) in [5, 5.41) is 6.54. The Balaban J connectivity index is 1.75. The van der Waals surface area contributed by atoms with Crippen LogP contribution < -0.4 is 10.6 Å². The molecule has 1 aromatic heterocycles. The van der Waals surface area contributed by atoms with Crippen LogP contribution in [-0.2, 0) is 31.5 Å². The van der Waals surface area contributed by atoms with Gasteiger partial charge in [-0.2, -0.15) is 0 Å². The first kappa shape index (κ1) is 21.6. The van der Waals surface area contributed by atoms with Crippen LogP contribution in [0.5, 0.6) is 0 Å². The molecule has 28 heavy (non-hydrogen) atoms. The molecule has 0 saturated heterocycles. The molecule has 10 heteroatoms. The van der Waals surface area contributed by atoms with Gasteiger partial charge in [-0.1, -0.05) is 18.2 Å². The van der Waals surface area contributed by atoms with Crippen molar-refractivity contribution in [1.82, 2.24) is 10.6 Å². The molecular formula is C18H20N2O6S2. The Morgan fingerprint density at radius 1 is 1.14 bits per heavy atom. The van der Waals surface area contributed by atoms with Gasteiger partial charge in [0.05, 0.1) is 11.3 Å². The summed E-state index contributed by atoms with van der Waals surface area (Å²) in [7, 11) is -3.24. The molecule has 0 fully saturated rings. The normalized spacial score (nSPS) is 10.9. The minimum absolute atomic E-state index is 0.120. The van der Waals surface area contributed by atoms with Gasteiger partial charge in [-0.25, -0.2) is 18.0 Å². The van der Waals surface area contributed by atoms with Crippen molar-refractivity contribution in [3.05, 3.63) is 57.8 Å². The number of rotatable bonds is 8. The minimum atomic E-state index is -3.24. The summed E-state index contributed by atoms with van der Waals surface area (Å²) in [6, 6.07) is 9.12. The zero-order chi connectivity index (χ0) is 20.6. The lowest BCUT2D eigenvalue weighted by Gasteiger charge is -2.08. The van der Waals surface area contributed by atoms with Gasteiger partial charge in [0.15, 0.2) is 16.4 Å². The minimum Gasteiger partial charge on any atom is -0.452 e. The average molecular weight is 425 g/mol. The van der Waals surface area contributed by atoms with Crippen molar-refractivity contribution in [2.24, 2.45) is 0 Å². The summed E-state index contributed by atoms with van der Waals surface area (Å²) in [5.74, 6) is -1.77. The lowest BCUT2D eigenvalue weighted by atomic mass is 10.1. The predicted octanol–water partition coefficient (Wildman–Crippen LogP) is 1.52. The number of hydrogen-bond acceptors (Lipinski definition) is 7. The topological polar surface area (TPSA) is 119 Å². The number of thiophene rings is 1. The first-order valence-electron chi connectivity index (χ1n) is 8.27. The van der Waals surface area contributed by atoms with Gasteiger partial charge in [-0.15, -0.1) is 11.3 Å². The van der Waals surface area contributed by atoms with E-state index in [2.05, 4.69) is 10.6 Å². The Kier molecular flexibility index (Phi) is 7.70. The van der Waals surface area contributed by atoms with Crippen LogP contribution in [0, 0.1) is 0 Å². The Labute approximate surface area is 166 Å². The van der Waals surface area contributed by atoms with E-state index in [0.717, 1.165) is 11.1 Å². The van der Waals surface area contributed by atoms with Crippen LogP contribution in [0.25, 0.3) is 0 Å². The first-order valence-corrected chi connectivity index (χ1v) is 11.2. The summed E-state index contributed by atoms with van der Waals surface area (Å²) in [6.07, 6.45) is 1.74. The second kappa shape index (κ2) is 10.00. The van der Waals surface area contributed by atoms with Crippen molar-refractivity contribution in [3.8, 4) is 0 Å².